The van der Waals surface area contributed by atoms with Gasteiger partial charge in [0.15, 0.2) is 6.29 Å². The number of piperidine rings is 2. The molecule has 1 unspecified atom stereocenters. The topological polar surface area (TPSA) is 105 Å². The van der Waals surface area contributed by atoms with E-state index in [9.17, 15) is 19.2 Å². The number of benzene rings is 1. The van der Waals surface area contributed by atoms with Crippen molar-refractivity contribution in [3.8, 4) is 0 Å². The highest BCUT2D eigenvalue weighted by atomic mass is 19.1. The molecule has 1 N–H and O–H groups in total. The second-order valence-electron chi connectivity index (χ2n) is 9.33. The molecule has 1 aromatic carbocycles. The van der Waals surface area contributed by atoms with Gasteiger partial charge in [0.2, 0.25) is 11.8 Å². The molecule has 0 spiro atoms. The largest absolute Gasteiger partial charge is 0.369 e. The van der Waals surface area contributed by atoms with Gasteiger partial charge >= 0.3 is 0 Å². The number of hydrogen-bond donors (Lipinski definition) is 1. The average molecular weight is 474 g/mol. The number of ether oxygens (including phenoxy) is 2. The fourth-order valence-electron chi connectivity index (χ4n) is 5.33. The standard InChI is InChI=1S/C24H28FN3O6/c25-17-12-15-16(24(32)28(23(15)31)18-4-5-20(29)26-22(18)30)13-19(17)27-8-6-14(7-9-27)2-1-3-21-33-10-11-34-21/h12-14,18,21H,1-11H2,(H,26,29,30). The van der Waals surface area contributed by atoms with Crippen LogP contribution in [0.2, 0.25) is 0 Å². The molecule has 4 heterocycles. The summed E-state index contributed by atoms with van der Waals surface area (Å²) >= 11 is 0. The van der Waals surface area contributed by atoms with Crippen molar-refractivity contribution in [2.24, 2.45) is 5.92 Å². The molecule has 0 saturated carbocycles. The first-order valence-electron chi connectivity index (χ1n) is 12.0. The summed E-state index contributed by atoms with van der Waals surface area (Å²) in [6, 6.07) is 1.48. The van der Waals surface area contributed by atoms with E-state index in [1.807, 2.05) is 4.90 Å². The third-order valence-corrected chi connectivity index (χ3v) is 7.21. The number of rotatable bonds is 6. The second-order valence-corrected chi connectivity index (χ2v) is 9.33. The normalized spacial score (nSPS) is 24.2. The fraction of sp³-hybridized carbons (Fsp3) is 0.583. The zero-order chi connectivity index (χ0) is 23.8. The first kappa shape index (κ1) is 22.9. The highest BCUT2D eigenvalue weighted by molar-refractivity contribution is 6.23. The lowest BCUT2D eigenvalue weighted by Crippen LogP contribution is -2.54. The van der Waals surface area contributed by atoms with Crippen LogP contribution in [-0.2, 0) is 19.1 Å². The molecule has 0 aromatic heterocycles. The van der Waals surface area contributed by atoms with Crippen molar-refractivity contribution in [1.82, 2.24) is 10.2 Å². The number of imide groups is 2. The predicted octanol–water partition coefficient (Wildman–Crippen LogP) is 1.99. The number of carbonyl (C=O) groups excluding carboxylic acids is 4. The molecule has 5 rings (SSSR count). The van der Waals surface area contributed by atoms with Gasteiger partial charge in [-0.15, -0.1) is 0 Å². The van der Waals surface area contributed by atoms with Crippen LogP contribution >= 0.6 is 0 Å². The Bertz CT molecular complexity index is 1020. The van der Waals surface area contributed by atoms with Crippen molar-refractivity contribution in [2.75, 3.05) is 31.2 Å². The summed E-state index contributed by atoms with van der Waals surface area (Å²) in [5.41, 5.74) is 0.364. The molecular formula is C24H28FN3O6. The van der Waals surface area contributed by atoms with E-state index in [0.29, 0.717) is 37.9 Å². The zero-order valence-electron chi connectivity index (χ0n) is 18.9. The Kier molecular flexibility index (Phi) is 6.35. The molecule has 0 bridgehead atoms. The summed E-state index contributed by atoms with van der Waals surface area (Å²) in [5.74, 6) is -2.45. The Morgan fingerprint density at radius 2 is 1.62 bits per heavy atom. The van der Waals surface area contributed by atoms with Gasteiger partial charge in [0, 0.05) is 19.5 Å². The van der Waals surface area contributed by atoms with E-state index in [4.69, 9.17) is 9.47 Å². The maximum Gasteiger partial charge on any atom is 0.262 e. The molecular weight excluding hydrogens is 445 g/mol. The minimum Gasteiger partial charge on any atom is -0.369 e. The molecule has 0 radical (unpaired) electrons. The number of nitrogens with zero attached hydrogens (tertiary/aromatic N) is 2. The molecule has 1 aromatic rings. The van der Waals surface area contributed by atoms with Crippen LogP contribution in [0.5, 0.6) is 0 Å². The Labute approximate surface area is 196 Å². The number of halogens is 1. The van der Waals surface area contributed by atoms with E-state index in [0.717, 1.165) is 43.1 Å². The molecule has 0 aliphatic carbocycles. The van der Waals surface area contributed by atoms with Crippen molar-refractivity contribution in [3.63, 3.8) is 0 Å². The summed E-state index contributed by atoms with van der Waals surface area (Å²) in [7, 11) is 0. The summed E-state index contributed by atoms with van der Waals surface area (Å²) in [6.07, 6.45) is 4.83. The van der Waals surface area contributed by atoms with Gasteiger partial charge in [-0.3, -0.25) is 29.4 Å². The lowest BCUT2D eigenvalue weighted by atomic mass is 9.91. The van der Waals surface area contributed by atoms with Gasteiger partial charge in [0.1, 0.15) is 11.9 Å². The molecule has 9 nitrogen and oxygen atoms in total. The van der Waals surface area contributed by atoms with Crippen LogP contribution in [0.25, 0.3) is 0 Å². The third-order valence-electron chi connectivity index (χ3n) is 7.21. The molecule has 3 fully saturated rings. The van der Waals surface area contributed by atoms with Gasteiger partial charge in [-0.05, 0) is 50.2 Å². The lowest BCUT2D eigenvalue weighted by Gasteiger charge is -2.34. The molecule has 4 amide bonds. The summed E-state index contributed by atoms with van der Waals surface area (Å²) < 4.78 is 26.0. The molecule has 3 saturated heterocycles. The first-order valence-corrected chi connectivity index (χ1v) is 12.0. The van der Waals surface area contributed by atoms with E-state index in [-0.39, 0.29) is 30.3 Å². The number of amides is 4. The Morgan fingerprint density at radius 1 is 0.941 bits per heavy atom. The number of anilines is 1. The first-order chi connectivity index (χ1) is 16.4. The molecule has 1 atom stereocenters. The van der Waals surface area contributed by atoms with E-state index in [1.165, 1.54) is 6.07 Å². The zero-order valence-corrected chi connectivity index (χ0v) is 18.9. The van der Waals surface area contributed by atoms with Gasteiger partial charge in [-0.25, -0.2) is 4.39 Å². The van der Waals surface area contributed by atoms with Crippen LogP contribution in [0.1, 0.15) is 65.7 Å². The van der Waals surface area contributed by atoms with E-state index < -0.39 is 35.5 Å². The molecule has 4 aliphatic heterocycles. The molecule has 4 aliphatic rings. The monoisotopic (exact) mass is 473 g/mol. The lowest BCUT2D eigenvalue weighted by molar-refractivity contribution is -0.136. The highest BCUT2D eigenvalue weighted by Gasteiger charge is 2.45. The van der Waals surface area contributed by atoms with Crippen LogP contribution in [0.15, 0.2) is 12.1 Å². The quantitative estimate of drug-likeness (QED) is 0.630. The van der Waals surface area contributed by atoms with Crippen LogP contribution in [0, 0.1) is 11.7 Å². The van der Waals surface area contributed by atoms with E-state index in [1.54, 1.807) is 0 Å². The van der Waals surface area contributed by atoms with Crippen molar-refractivity contribution in [3.05, 3.63) is 29.1 Å². The van der Waals surface area contributed by atoms with E-state index >= 15 is 4.39 Å². The molecule has 34 heavy (non-hydrogen) atoms. The summed E-state index contributed by atoms with van der Waals surface area (Å²) in [4.78, 5) is 52.3. The Balaban J connectivity index is 1.23. The number of hydrogen-bond acceptors (Lipinski definition) is 7. The smallest absolute Gasteiger partial charge is 0.262 e. The minimum atomic E-state index is -1.06. The minimum absolute atomic E-state index is 0.0396. The molecule has 10 heteroatoms. The van der Waals surface area contributed by atoms with Crippen molar-refractivity contribution < 1.29 is 33.0 Å². The second kappa shape index (κ2) is 9.42. The third kappa shape index (κ3) is 4.32. The number of carbonyl (C=O) groups is 4. The Hall–Kier alpha value is -2.85. The van der Waals surface area contributed by atoms with Crippen molar-refractivity contribution in [1.29, 1.82) is 0 Å². The van der Waals surface area contributed by atoms with Crippen molar-refractivity contribution in [2.45, 2.75) is 57.3 Å². The SMILES string of the molecule is O=C1CCC(N2C(=O)c3cc(F)c(N4CCC(CCCC5OCCO5)CC4)cc3C2=O)C(=O)N1. The van der Waals surface area contributed by atoms with Crippen LogP contribution in [-0.4, -0.2) is 67.2 Å². The summed E-state index contributed by atoms with van der Waals surface area (Å²) in [5, 5.41) is 2.16. The van der Waals surface area contributed by atoms with Gasteiger partial charge in [-0.1, -0.05) is 6.42 Å². The molecule has 182 valence electrons. The van der Waals surface area contributed by atoms with Gasteiger partial charge < -0.3 is 14.4 Å². The number of fused-ring (bicyclic) bond motifs is 1. The van der Waals surface area contributed by atoms with Gasteiger partial charge in [0.05, 0.1) is 30.0 Å². The Morgan fingerprint density at radius 3 is 2.29 bits per heavy atom. The number of nitrogens with one attached hydrogen (secondary N) is 1. The van der Waals surface area contributed by atoms with E-state index in [2.05, 4.69) is 5.32 Å². The van der Waals surface area contributed by atoms with Gasteiger partial charge in [0.25, 0.3) is 11.8 Å². The average Bonchev–Trinajstić information content (AvgIpc) is 3.41. The highest BCUT2D eigenvalue weighted by Crippen LogP contribution is 2.34. The summed E-state index contributed by atoms with van der Waals surface area (Å²) in [6.45, 7) is 2.65. The fourth-order valence-corrected chi connectivity index (χ4v) is 5.33. The van der Waals surface area contributed by atoms with Crippen LogP contribution in [0.4, 0.5) is 10.1 Å². The van der Waals surface area contributed by atoms with Crippen LogP contribution in [0.3, 0.4) is 0 Å². The van der Waals surface area contributed by atoms with Crippen LogP contribution < -0.4 is 10.2 Å². The van der Waals surface area contributed by atoms with Crippen molar-refractivity contribution >= 4 is 29.3 Å². The predicted molar refractivity (Wildman–Crippen MR) is 118 cm³/mol. The maximum absolute atomic E-state index is 15.0. The maximum atomic E-state index is 15.0. The van der Waals surface area contributed by atoms with Gasteiger partial charge in [-0.2, -0.15) is 0 Å².